The molecule has 0 bridgehead atoms. The summed E-state index contributed by atoms with van der Waals surface area (Å²) in [4.78, 5) is 13.1. The van der Waals surface area contributed by atoms with Gasteiger partial charge in [-0.1, -0.05) is 0 Å². The molecule has 1 aliphatic heterocycles. The Balaban J connectivity index is 1.91. The first kappa shape index (κ1) is 13.6. The summed E-state index contributed by atoms with van der Waals surface area (Å²) in [5.74, 6) is 2.06. The molecule has 0 unspecified atom stereocenters. The Hall–Kier alpha value is -0.850. The molecule has 1 aromatic heterocycles. The molecule has 1 aliphatic rings. The molecular formula is C12H20N4OS. The highest BCUT2D eigenvalue weighted by Crippen LogP contribution is 2.20. The standard InChI is InChI=1S/C12H20N4OS/c1-15(2)5-8-18-12-9-11(13-10-14-12)16-3-6-17-7-4-16/h9-10H,3-8H2,1-2H3. The van der Waals surface area contributed by atoms with Gasteiger partial charge >= 0.3 is 0 Å². The molecule has 100 valence electrons. The predicted octanol–water partition coefficient (Wildman–Crippen LogP) is 0.967. The second-order valence-electron chi connectivity index (χ2n) is 4.47. The first-order valence-electron chi connectivity index (χ1n) is 6.18. The van der Waals surface area contributed by atoms with E-state index in [1.807, 2.05) is 0 Å². The molecule has 6 heteroatoms. The van der Waals surface area contributed by atoms with Gasteiger partial charge in [0.25, 0.3) is 0 Å². The van der Waals surface area contributed by atoms with Crippen molar-refractivity contribution in [2.75, 3.05) is 57.6 Å². The fourth-order valence-corrected chi connectivity index (χ4v) is 2.68. The summed E-state index contributed by atoms with van der Waals surface area (Å²) >= 11 is 1.78. The van der Waals surface area contributed by atoms with Crippen LogP contribution in [0.3, 0.4) is 0 Å². The highest BCUT2D eigenvalue weighted by Gasteiger charge is 2.12. The van der Waals surface area contributed by atoms with Gasteiger partial charge in [-0.3, -0.25) is 0 Å². The van der Waals surface area contributed by atoms with E-state index in [0.29, 0.717) is 0 Å². The minimum absolute atomic E-state index is 0.785. The van der Waals surface area contributed by atoms with Gasteiger partial charge in [0.1, 0.15) is 17.2 Å². The summed E-state index contributed by atoms with van der Waals surface area (Å²) < 4.78 is 5.35. The van der Waals surface area contributed by atoms with E-state index >= 15 is 0 Å². The first-order chi connectivity index (χ1) is 8.75. The molecule has 0 atom stereocenters. The maximum absolute atomic E-state index is 5.35. The van der Waals surface area contributed by atoms with Crippen molar-refractivity contribution in [2.24, 2.45) is 0 Å². The summed E-state index contributed by atoms with van der Waals surface area (Å²) in [5, 5.41) is 1.05. The van der Waals surface area contributed by atoms with Crippen LogP contribution < -0.4 is 4.90 Å². The van der Waals surface area contributed by atoms with Gasteiger partial charge in [0.15, 0.2) is 0 Å². The number of hydrogen-bond donors (Lipinski definition) is 0. The highest BCUT2D eigenvalue weighted by molar-refractivity contribution is 7.99. The van der Waals surface area contributed by atoms with Crippen molar-refractivity contribution in [1.29, 1.82) is 0 Å². The van der Waals surface area contributed by atoms with Crippen molar-refractivity contribution in [3.8, 4) is 0 Å². The lowest BCUT2D eigenvalue weighted by Crippen LogP contribution is -2.36. The van der Waals surface area contributed by atoms with Gasteiger partial charge in [-0.2, -0.15) is 0 Å². The van der Waals surface area contributed by atoms with Crippen LogP contribution in [0.4, 0.5) is 5.82 Å². The summed E-state index contributed by atoms with van der Waals surface area (Å²) in [6, 6.07) is 2.08. The lowest BCUT2D eigenvalue weighted by atomic mass is 10.4. The van der Waals surface area contributed by atoms with E-state index in [2.05, 4.69) is 39.9 Å². The third-order valence-electron chi connectivity index (χ3n) is 2.75. The fourth-order valence-electron chi connectivity index (χ4n) is 1.71. The van der Waals surface area contributed by atoms with Crippen LogP contribution in [0.25, 0.3) is 0 Å². The van der Waals surface area contributed by atoms with E-state index in [9.17, 15) is 0 Å². The van der Waals surface area contributed by atoms with Crippen molar-refractivity contribution >= 4 is 17.6 Å². The topological polar surface area (TPSA) is 41.5 Å². The molecule has 2 heterocycles. The van der Waals surface area contributed by atoms with Crippen LogP contribution in [0.15, 0.2) is 17.4 Å². The Morgan fingerprint density at radius 3 is 2.83 bits per heavy atom. The summed E-state index contributed by atoms with van der Waals surface area (Å²) in [6.45, 7) is 4.46. The average molecular weight is 268 g/mol. The molecule has 18 heavy (non-hydrogen) atoms. The normalized spacial score (nSPS) is 16.3. The quantitative estimate of drug-likeness (QED) is 0.585. The highest BCUT2D eigenvalue weighted by atomic mass is 32.2. The Labute approximate surface area is 113 Å². The molecule has 5 nitrogen and oxygen atoms in total. The van der Waals surface area contributed by atoms with E-state index < -0.39 is 0 Å². The molecule has 2 rings (SSSR count). The Bertz CT molecular complexity index is 369. The molecule has 1 saturated heterocycles. The Kier molecular flexibility index (Phi) is 5.22. The van der Waals surface area contributed by atoms with Gasteiger partial charge in [0.2, 0.25) is 0 Å². The van der Waals surface area contributed by atoms with Crippen LogP contribution in [-0.4, -0.2) is 67.6 Å². The van der Waals surface area contributed by atoms with Gasteiger partial charge in [-0.15, -0.1) is 11.8 Å². The molecule has 0 N–H and O–H groups in total. The van der Waals surface area contributed by atoms with Crippen molar-refractivity contribution in [2.45, 2.75) is 5.03 Å². The minimum atomic E-state index is 0.785. The van der Waals surface area contributed by atoms with E-state index in [0.717, 1.165) is 49.4 Å². The van der Waals surface area contributed by atoms with Crippen LogP contribution in [0, 0.1) is 0 Å². The molecule has 0 aliphatic carbocycles. The summed E-state index contributed by atoms with van der Waals surface area (Å²) in [6.07, 6.45) is 1.66. The maximum atomic E-state index is 5.35. The molecule has 0 radical (unpaired) electrons. The van der Waals surface area contributed by atoms with Crippen LogP contribution in [0.2, 0.25) is 0 Å². The molecule has 0 spiro atoms. The maximum Gasteiger partial charge on any atom is 0.133 e. The Morgan fingerprint density at radius 2 is 2.11 bits per heavy atom. The zero-order valence-corrected chi connectivity index (χ0v) is 11.8. The zero-order chi connectivity index (χ0) is 12.8. The number of morpholine rings is 1. The first-order valence-corrected chi connectivity index (χ1v) is 7.16. The van der Waals surface area contributed by atoms with Gasteiger partial charge in [-0.05, 0) is 14.1 Å². The second-order valence-corrected chi connectivity index (χ2v) is 5.58. The number of rotatable bonds is 5. The van der Waals surface area contributed by atoms with E-state index in [4.69, 9.17) is 4.74 Å². The summed E-state index contributed by atoms with van der Waals surface area (Å²) in [5.41, 5.74) is 0. The number of aromatic nitrogens is 2. The zero-order valence-electron chi connectivity index (χ0n) is 11.0. The summed E-state index contributed by atoms with van der Waals surface area (Å²) in [7, 11) is 4.17. The van der Waals surface area contributed by atoms with Crippen LogP contribution >= 0.6 is 11.8 Å². The van der Waals surface area contributed by atoms with Crippen molar-refractivity contribution in [3.05, 3.63) is 12.4 Å². The smallest absolute Gasteiger partial charge is 0.133 e. The molecular weight excluding hydrogens is 248 g/mol. The number of anilines is 1. The minimum Gasteiger partial charge on any atom is -0.378 e. The molecule has 0 saturated carbocycles. The number of nitrogens with zero attached hydrogens (tertiary/aromatic N) is 4. The number of thioether (sulfide) groups is 1. The van der Waals surface area contributed by atoms with Crippen molar-refractivity contribution in [3.63, 3.8) is 0 Å². The number of hydrogen-bond acceptors (Lipinski definition) is 6. The van der Waals surface area contributed by atoms with Crippen LogP contribution in [0.1, 0.15) is 0 Å². The molecule has 1 fully saturated rings. The largest absolute Gasteiger partial charge is 0.378 e. The average Bonchev–Trinajstić information content (AvgIpc) is 2.40. The molecule has 0 aromatic carbocycles. The number of ether oxygens (including phenoxy) is 1. The fraction of sp³-hybridized carbons (Fsp3) is 0.667. The third-order valence-corrected chi connectivity index (χ3v) is 3.66. The van der Waals surface area contributed by atoms with E-state index in [1.54, 1.807) is 18.1 Å². The monoisotopic (exact) mass is 268 g/mol. The van der Waals surface area contributed by atoms with Gasteiger partial charge < -0.3 is 14.5 Å². The Morgan fingerprint density at radius 1 is 1.33 bits per heavy atom. The van der Waals surface area contributed by atoms with E-state index in [1.165, 1.54) is 0 Å². The molecule has 0 amide bonds. The van der Waals surface area contributed by atoms with Gasteiger partial charge in [0.05, 0.1) is 13.2 Å². The second kappa shape index (κ2) is 6.92. The van der Waals surface area contributed by atoms with E-state index in [-0.39, 0.29) is 0 Å². The van der Waals surface area contributed by atoms with Crippen molar-refractivity contribution < 1.29 is 4.74 Å². The van der Waals surface area contributed by atoms with Gasteiger partial charge in [0, 0.05) is 31.5 Å². The predicted molar refractivity (Wildman–Crippen MR) is 74.3 cm³/mol. The molecule has 1 aromatic rings. The van der Waals surface area contributed by atoms with Crippen LogP contribution in [-0.2, 0) is 4.74 Å². The van der Waals surface area contributed by atoms with Crippen molar-refractivity contribution in [1.82, 2.24) is 14.9 Å². The third kappa shape index (κ3) is 4.12. The van der Waals surface area contributed by atoms with Gasteiger partial charge in [-0.25, -0.2) is 9.97 Å². The lowest BCUT2D eigenvalue weighted by molar-refractivity contribution is 0.122. The van der Waals surface area contributed by atoms with Crippen LogP contribution in [0.5, 0.6) is 0 Å². The lowest BCUT2D eigenvalue weighted by Gasteiger charge is -2.27. The SMILES string of the molecule is CN(C)CCSc1cc(N2CCOCC2)ncn1.